The SMILES string of the molecule is CCNC(=O)C(Cc1ccccc1)N(Cc1ccccc1Cl)C(=O)CCc1ccc(CC)cc1. The van der Waals surface area contributed by atoms with Crippen molar-refractivity contribution < 1.29 is 9.59 Å². The van der Waals surface area contributed by atoms with E-state index in [1.54, 1.807) is 4.90 Å². The maximum Gasteiger partial charge on any atom is 0.243 e. The number of nitrogens with one attached hydrogen (secondary N) is 1. The number of amides is 2. The average molecular weight is 477 g/mol. The van der Waals surface area contributed by atoms with Crippen molar-refractivity contribution in [2.24, 2.45) is 0 Å². The highest BCUT2D eigenvalue weighted by Gasteiger charge is 2.30. The van der Waals surface area contributed by atoms with Crippen LogP contribution in [0.2, 0.25) is 5.02 Å². The smallest absolute Gasteiger partial charge is 0.243 e. The summed E-state index contributed by atoms with van der Waals surface area (Å²) < 4.78 is 0. The Morgan fingerprint density at radius 1 is 0.853 bits per heavy atom. The second kappa shape index (κ2) is 13.0. The van der Waals surface area contributed by atoms with Crippen molar-refractivity contribution in [1.82, 2.24) is 10.2 Å². The van der Waals surface area contributed by atoms with Crippen molar-refractivity contribution in [3.05, 3.63) is 106 Å². The molecule has 0 radical (unpaired) electrons. The largest absolute Gasteiger partial charge is 0.355 e. The Bertz CT molecular complexity index is 1070. The molecule has 0 heterocycles. The minimum atomic E-state index is -0.631. The first kappa shape index (κ1) is 25.5. The van der Waals surface area contributed by atoms with Crippen LogP contribution in [-0.4, -0.2) is 29.3 Å². The fourth-order valence-corrected chi connectivity index (χ4v) is 4.19. The summed E-state index contributed by atoms with van der Waals surface area (Å²) in [6, 6.07) is 25.0. The highest BCUT2D eigenvalue weighted by atomic mass is 35.5. The lowest BCUT2D eigenvalue weighted by atomic mass is 10.0. The van der Waals surface area contributed by atoms with Crippen LogP contribution in [0.4, 0.5) is 0 Å². The first-order valence-corrected chi connectivity index (χ1v) is 12.3. The number of carbonyl (C=O) groups is 2. The van der Waals surface area contributed by atoms with Gasteiger partial charge in [-0.3, -0.25) is 9.59 Å². The van der Waals surface area contributed by atoms with Gasteiger partial charge in [-0.2, -0.15) is 0 Å². The molecule has 1 atom stereocenters. The Morgan fingerprint density at radius 2 is 1.50 bits per heavy atom. The first-order valence-electron chi connectivity index (χ1n) is 11.9. The lowest BCUT2D eigenvalue weighted by molar-refractivity contribution is -0.141. The van der Waals surface area contributed by atoms with E-state index in [9.17, 15) is 9.59 Å². The molecule has 0 saturated heterocycles. The van der Waals surface area contributed by atoms with E-state index >= 15 is 0 Å². The van der Waals surface area contributed by atoms with Crippen LogP contribution >= 0.6 is 11.6 Å². The van der Waals surface area contributed by atoms with Crippen molar-refractivity contribution in [3.8, 4) is 0 Å². The number of rotatable bonds is 11. The van der Waals surface area contributed by atoms with Gasteiger partial charge in [-0.1, -0.05) is 91.3 Å². The van der Waals surface area contributed by atoms with Crippen LogP contribution in [0.25, 0.3) is 0 Å². The number of hydrogen-bond donors (Lipinski definition) is 1. The molecule has 3 aromatic carbocycles. The molecule has 1 N–H and O–H groups in total. The predicted molar refractivity (Wildman–Crippen MR) is 139 cm³/mol. The molecule has 0 spiro atoms. The van der Waals surface area contributed by atoms with Gasteiger partial charge in [-0.05, 0) is 48.1 Å². The van der Waals surface area contributed by atoms with E-state index in [1.807, 2.05) is 61.5 Å². The average Bonchev–Trinajstić information content (AvgIpc) is 2.86. The zero-order chi connectivity index (χ0) is 24.3. The predicted octanol–water partition coefficient (Wildman–Crippen LogP) is 5.61. The van der Waals surface area contributed by atoms with Gasteiger partial charge in [0.05, 0.1) is 0 Å². The summed E-state index contributed by atoms with van der Waals surface area (Å²) >= 11 is 6.44. The van der Waals surface area contributed by atoms with E-state index in [0.717, 1.165) is 23.1 Å². The lowest BCUT2D eigenvalue weighted by Crippen LogP contribution is -2.50. The Hall–Kier alpha value is -3.11. The minimum absolute atomic E-state index is 0.0633. The lowest BCUT2D eigenvalue weighted by Gasteiger charge is -2.32. The molecule has 178 valence electrons. The van der Waals surface area contributed by atoms with Crippen molar-refractivity contribution in [2.75, 3.05) is 6.54 Å². The second-order valence-corrected chi connectivity index (χ2v) is 8.79. The Morgan fingerprint density at radius 3 is 2.15 bits per heavy atom. The Labute approximate surface area is 207 Å². The summed E-state index contributed by atoms with van der Waals surface area (Å²) in [6.45, 7) is 4.79. The molecule has 0 saturated carbocycles. The van der Waals surface area contributed by atoms with Gasteiger partial charge in [-0.25, -0.2) is 0 Å². The molecule has 0 aromatic heterocycles. The van der Waals surface area contributed by atoms with E-state index in [0.29, 0.717) is 30.8 Å². The van der Waals surface area contributed by atoms with Crippen LogP contribution in [-0.2, 0) is 35.4 Å². The molecule has 0 bridgehead atoms. The third-order valence-corrected chi connectivity index (χ3v) is 6.35. The van der Waals surface area contributed by atoms with Gasteiger partial charge in [-0.15, -0.1) is 0 Å². The summed E-state index contributed by atoms with van der Waals surface area (Å²) in [4.78, 5) is 28.5. The van der Waals surface area contributed by atoms with E-state index in [-0.39, 0.29) is 18.4 Å². The van der Waals surface area contributed by atoms with Gasteiger partial charge in [0.25, 0.3) is 0 Å². The zero-order valence-corrected chi connectivity index (χ0v) is 20.7. The molecule has 0 aliphatic heterocycles. The van der Waals surface area contributed by atoms with Crippen molar-refractivity contribution in [3.63, 3.8) is 0 Å². The van der Waals surface area contributed by atoms with Crippen molar-refractivity contribution >= 4 is 23.4 Å². The van der Waals surface area contributed by atoms with Gasteiger partial charge in [0.15, 0.2) is 0 Å². The molecule has 4 nitrogen and oxygen atoms in total. The van der Waals surface area contributed by atoms with Crippen LogP contribution in [0.1, 0.15) is 42.5 Å². The Balaban J connectivity index is 1.87. The Kier molecular flexibility index (Phi) is 9.72. The second-order valence-electron chi connectivity index (χ2n) is 8.38. The molecule has 0 aliphatic rings. The first-order chi connectivity index (χ1) is 16.5. The molecule has 3 rings (SSSR count). The molecule has 3 aromatic rings. The normalized spacial score (nSPS) is 11.6. The van der Waals surface area contributed by atoms with Crippen LogP contribution in [0.15, 0.2) is 78.9 Å². The van der Waals surface area contributed by atoms with Gasteiger partial charge in [0.1, 0.15) is 6.04 Å². The zero-order valence-electron chi connectivity index (χ0n) is 20.0. The van der Waals surface area contributed by atoms with Gasteiger partial charge >= 0.3 is 0 Å². The number of hydrogen-bond acceptors (Lipinski definition) is 2. The van der Waals surface area contributed by atoms with Crippen LogP contribution in [0, 0.1) is 0 Å². The molecule has 1 unspecified atom stereocenters. The number of benzene rings is 3. The van der Waals surface area contributed by atoms with E-state index in [4.69, 9.17) is 11.6 Å². The van der Waals surface area contributed by atoms with Gasteiger partial charge < -0.3 is 10.2 Å². The molecule has 34 heavy (non-hydrogen) atoms. The third kappa shape index (κ3) is 7.19. The molecular formula is C29H33ClN2O2. The highest BCUT2D eigenvalue weighted by Crippen LogP contribution is 2.21. The van der Waals surface area contributed by atoms with E-state index in [2.05, 4.69) is 36.5 Å². The van der Waals surface area contributed by atoms with Crippen molar-refractivity contribution in [2.45, 2.75) is 52.1 Å². The van der Waals surface area contributed by atoms with Crippen LogP contribution in [0.3, 0.4) is 0 Å². The number of nitrogens with zero attached hydrogens (tertiary/aromatic N) is 1. The van der Waals surface area contributed by atoms with Crippen LogP contribution < -0.4 is 5.32 Å². The quantitative estimate of drug-likeness (QED) is 0.391. The third-order valence-electron chi connectivity index (χ3n) is 5.98. The number of halogens is 1. The fourth-order valence-electron chi connectivity index (χ4n) is 3.99. The highest BCUT2D eigenvalue weighted by molar-refractivity contribution is 6.31. The summed E-state index contributed by atoms with van der Waals surface area (Å²) in [5, 5.41) is 3.51. The molecular weight excluding hydrogens is 444 g/mol. The van der Waals surface area contributed by atoms with Gasteiger partial charge in [0, 0.05) is 31.0 Å². The van der Waals surface area contributed by atoms with E-state index in [1.165, 1.54) is 5.56 Å². The topological polar surface area (TPSA) is 49.4 Å². The summed E-state index contributed by atoms with van der Waals surface area (Å²) in [6.07, 6.45) is 2.36. The molecule has 0 aliphatic carbocycles. The standard InChI is InChI=1S/C29H33ClN2O2/c1-3-22-14-16-23(17-15-22)18-19-28(33)32(21-25-12-8-9-13-26(25)30)27(29(34)31-4-2)20-24-10-6-5-7-11-24/h5-17,27H,3-4,18-21H2,1-2H3,(H,31,34). The molecule has 5 heteroatoms. The number of aryl methyl sites for hydroxylation is 2. The molecule has 0 fully saturated rings. The van der Waals surface area contributed by atoms with Gasteiger partial charge in [0.2, 0.25) is 11.8 Å². The maximum atomic E-state index is 13.6. The minimum Gasteiger partial charge on any atom is -0.355 e. The van der Waals surface area contributed by atoms with Crippen molar-refractivity contribution in [1.29, 1.82) is 0 Å². The van der Waals surface area contributed by atoms with E-state index < -0.39 is 6.04 Å². The summed E-state index contributed by atoms with van der Waals surface area (Å²) in [5.41, 5.74) is 4.22. The monoisotopic (exact) mass is 476 g/mol. The van der Waals surface area contributed by atoms with Crippen LogP contribution in [0.5, 0.6) is 0 Å². The fraction of sp³-hybridized carbons (Fsp3) is 0.310. The summed E-state index contributed by atoms with van der Waals surface area (Å²) in [5.74, 6) is -0.217. The number of carbonyl (C=O) groups excluding carboxylic acids is 2. The number of likely N-dealkylation sites (N-methyl/N-ethyl adjacent to an activating group) is 1. The summed E-state index contributed by atoms with van der Waals surface area (Å²) in [7, 11) is 0. The maximum absolute atomic E-state index is 13.6. The molecule has 2 amide bonds.